The first kappa shape index (κ1) is 11.9. The second kappa shape index (κ2) is 5.03. The summed E-state index contributed by atoms with van der Waals surface area (Å²) in [5.74, 6) is 0.493. The van der Waals surface area contributed by atoms with Crippen molar-refractivity contribution in [2.24, 2.45) is 10.7 Å². The first-order valence-electron chi connectivity index (χ1n) is 4.83. The van der Waals surface area contributed by atoms with E-state index in [1.165, 1.54) is 0 Å². The number of hydrogen-bond donors (Lipinski definition) is 1. The first-order valence-corrected chi connectivity index (χ1v) is 5.21. The molecule has 0 aliphatic carbocycles. The van der Waals surface area contributed by atoms with Gasteiger partial charge in [-0.2, -0.15) is 0 Å². The van der Waals surface area contributed by atoms with Crippen molar-refractivity contribution < 1.29 is 0 Å². The molecule has 3 nitrogen and oxygen atoms in total. The van der Waals surface area contributed by atoms with E-state index in [-0.39, 0.29) is 0 Å². The molecule has 1 aromatic carbocycles. The fourth-order valence-corrected chi connectivity index (χ4v) is 1.21. The average molecular weight is 226 g/mol. The molecule has 1 aromatic rings. The lowest BCUT2D eigenvalue weighted by Crippen LogP contribution is -2.38. The number of hydrogen-bond acceptors (Lipinski definition) is 1. The molecule has 0 spiro atoms. The molecule has 4 heteroatoms. The first-order chi connectivity index (χ1) is 7.00. The second-order valence-electron chi connectivity index (χ2n) is 3.65. The van der Waals surface area contributed by atoms with Gasteiger partial charge < -0.3 is 10.6 Å². The van der Waals surface area contributed by atoms with E-state index in [2.05, 4.69) is 18.8 Å². The quantitative estimate of drug-likeness (QED) is 0.621. The minimum Gasteiger partial charge on any atom is -0.369 e. The molecule has 0 fully saturated rings. The van der Waals surface area contributed by atoms with Crippen LogP contribution in [0, 0.1) is 0 Å². The highest BCUT2D eigenvalue weighted by atomic mass is 35.5. The maximum Gasteiger partial charge on any atom is 0.196 e. The van der Waals surface area contributed by atoms with Gasteiger partial charge in [0.1, 0.15) is 0 Å². The number of aliphatic imine (C=N–C) groups is 1. The lowest BCUT2D eigenvalue weighted by Gasteiger charge is -2.22. The third-order valence-electron chi connectivity index (χ3n) is 2.19. The van der Waals surface area contributed by atoms with Crippen molar-refractivity contribution in [2.75, 3.05) is 7.05 Å². The van der Waals surface area contributed by atoms with Gasteiger partial charge in [0, 0.05) is 18.1 Å². The molecule has 2 N–H and O–H groups in total. The lowest BCUT2D eigenvalue weighted by atomic mass is 10.3. The van der Waals surface area contributed by atoms with Crippen LogP contribution in [0.3, 0.4) is 0 Å². The number of benzene rings is 1. The van der Waals surface area contributed by atoms with Gasteiger partial charge in [0.15, 0.2) is 5.96 Å². The van der Waals surface area contributed by atoms with Crippen LogP contribution in [0.25, 0.3) is 0 Å². The third-order valence-corrected chi connectivity index (χ3v) is 2.42. The summed E-state index contributed by atoms with van der Waals surface area (Å²) in [5.41, 5.74) is 6.60. The molecule has 0 bridgehead atoms. The maximum atomic E-state index is 5.85. The zero-order valence-corrected chi connectivity index (χ0v) is 9.99. The van der Waals surface area contributed by atoms with Crippen molar-refractivity contribution >= 4 is 23.2 Å². The van der Waals surface area contributed by atoms with Crippen LogP contribution < -0.4 is 5.73 Å². The van der Waals surface area contributed by atoms with Gasteiger partial charge in [-0.3, -0.25) is 0 Å². The van der Waals surface area contributed by atoms with Crippen LogP contribution in [0.5, 0.6) is 0 Å². The number of guanidine groups is 1. The third kappa shape index (κ3) is 3.44. The predicted molar refractivity (Wildman–Crippen MR) is 65.6 cm³/mol. The molecule has 0 amide bonds. The van der Waals surface area contributed by atoms with E-state index in [0.29, 0.717) is 17.0 Å². The van der Waals surface area contributed by atoms with E-state index in [4.69, 9.17) is 17.3 Å². The van der Waals surface area contributed by atoms with Gasteiger partial charge in [-0.15, -0.1) is 0 Å². The van der Waals surface area contributed by atoms with Crippen LogP contribution in [0.1, 0.15) is 13.8 Å². The highest BCUT2D eigenvalue weighted by Gasteiger charge is 2.05. The van der Waals surface area contributed by atoms with E-state index in [1.807, 2.05) is 30.1 Å². The number of rotatable bonds is 2. The molecular weight excluding hydrogens is 210 g/mol. The Morgan fingerprint density at radius 3 is 2.67 bits per heavy atom. The molecule has 0 saturated carbocycles. The summed E-state index contributed by atoms with van der Waals surface area (Å²) >= 11 is 5.85. The number of nitrogens with two attached hydrogens (primary N) is 1. The van der Waals surface area contributed by atoms with Gasteiger partial charge in [0.2, 0.25) is 0 Å². The van der Waals surface area contributed by atoms with Crippen molar-refractivity contribution in [3.05, 3.63) is 29.3 Å². The summed E-state index contributed by atoms with van der Waals surface area (Å²) < 4.78 is 0. The second-order valence-corrected chi connectivity index (χ2v) is 4.09. The van der Waals surface area contributed by atoms with E-state index >= 15 is 0 Å². The van der Waals surface area contributed by atoms with Crippen molar-refractivity contribution in [1.82, 2.24) is 4.90 Å². The Morgan fingerprint density at radius 1 is 1.47 bits per heavy atom. The van der Waals surface area contributed by atoms with Gasteiger partial charge in [0.25, 0.3) is 0 Å². The van der Waals surface area contributed by atoms with Gasteiger partial charge in [0.05, 0.1) is 5.69 Å². The largest absolute Gasteiger partial charge is 0.369 e. The Labute approximate surface area is 95.6 Å². The van der Waals surface area contributed by atoms with Crippen LogP contribution in [-0.2, 0) is 0 Å². The van der Waals surface area contributed by atoms with Gasteiger partial charge in [-0.25, -0.2) is 4.99 Å². The van der Waals surface area contributed by atoms with Crippen LogP contribution in [-0.4, -0.2) is 23.9 Å². The Morgan fingerprint density at radius 2 is 2.13 bits per heavy atom. The number of halogens is 1. The highest BCUT2D eigenvalue weighted by molar-refractivity contribution is 6.30. The van der Waals surface area contributed by atoms with Gasteiger partial charge in [-0.1, -0.05) is 17.7 Å². The fraction of sp³-hybridized carbons (Fsp3) is 0.364. The maximum absolute atomic E-state index is 5.85. The molecule has 0 saturated heterocycles. The minimum atomic E-state index is 0.327. The van der Waals surface area contributed by atoms with Crippen molar-refractivity contribution in [3.8, 4) is 0 Å². The standard InChI is InChI=1S/C11H16ClN3/c1-8(2)15(3)11(13)14-10-6-4-5-9(12)7-10/h4-8H,1-3H3,(H2,13,14). The van der Waals surface area contributed by atoms with Crippen LogP contribution in [0.2, 0.25) is 5.02 Å². The molecule has 15 heavy (non-hydrogen) atoms. The van der Waals surface area contributed by atoms with E-state index in [9.17, 15) is 0 Å². The highest BCUT2D eigenvalue weighted by Crippen LogP contribution is 2.17. The van der Waals surface area contributed by atoms with Gasteiger partial charge >= 0.3 is 0 Å². The number of nitrogens with zero attached hydrogens (tertiary/aromatic N) is 2. The summed E-state index contributed by atoms with van der Waals surface area (Å²) in [5, 5.41) is 0.663. The van der Waals surface area contributed by atoms with E-state index < -0.39 is 0 Å². The molecule has 0 aliphatic rings. The minimum absolute atomic E-state index is 0.327. The molecule has 0 radical (unpaired) electrons. The molecule has 0 heterocycles. The summed E-state index contributed by atoms with van der Waals surface area (Å²) in [7, 11) is 1.91. The molecule has 0 aliphatic heterocycles. The van der Waals surface area contributed by atoms with E-state index in [0.717, 1.165) is 5.69 Å². The normalized spacial score (nSPS) is 11.9. The summed E-state index contributed by atoms with van der Waals surface area (Å²) in [4.78, 5) is 6.18. The molecule has 82 valence electrons. The molecule has 1 rings (SSSR count). The summed E-state index contributed by atoms with van der Waals surface area (Å²) in [6.45, 7) is 4.11. The summed E-state index contributed by atoms with van der Waals surface area (Å²) in [6.07, 6.45) is 0. The topological polar surface area (TPSA) is 41.6 Å². The van der Waals surface area contributed by atoms with Crippen LogP contribution >= 0.6 is 11.6 Å². The van der Waals surface area contributed by atoms with Crippen molar-refractivity contribution in [3.63, 3.8) is 0 Å². The molecule has 0 atom stereocenters. The van der Waals surface area contributed by atoms with Crippen LogP contribution in [0.15, 0.2) is 29.3 Å². The monoisotopic (exact) mass is 225 g/mol. The Balaban J connectivity index is 2.87. The van der Waals surface area contributed by atoms with Crippen molar-refractivity contribution in [1.29, 1.82) is 0 Å². The Kier molecular flexibility index (Phi) is 3.97. The van der Waals surface area contributed by atoms with E-state index in [1.54, 1.807) is 6.07 Å². The Bertz CT molecular complexity index is 361. The molecule has 0 unspecified atom stereocenters. The summed E-state index contributed by atoms with van der Waals surface area (Å²) in [6, 6.07) is 7.63. The SMILES string of the molecule is CC(C)N(C)C(N)=Nc1cccc(Cl)c1. The average Bonchev–Trinajstić information content (AvgIpc) is 2.16. The van der Waals surface area contributed by atoms with Gasteiger partial charge in [-0.05, 0) is 32.0 Å². The lowest BCUT2D eigenvalue weighted by molar-refractivity contribution is 0.413. The smallest absolute Gasteiger partial charge is 0.196 e. The molecular formula is C11H16ClN3. The Hall–Kier alpha value is -1.22. The molecule has 0 aromatic heterocycles. The fourth-order valence-electron chi connectivity index (χ4n) is 1.02. The zero-order valence-electron chi connectivity index (χ0n) is 9.24. The zero-order chi connectivity index (χ0) is 11.4. The van der Waals surface area contributed by atoms with Crippen LogP contribution in [0.4, 0.5) is 5.69 Å². The predicted octanol–water partition coefficient (Wildman–Crippen LogP) is 2.63. The van der Waals surface area contributed by atoms with Crippen molar-refractivity contribution in [2.45, 2.75) is 19.9 Å².